The molecule has 1 heterocycles. The van der Waals surface area contributed by atoms with Gasteiger partial charge in [0, 0.05) is 18.2 Å². The maximum Gasteiger partial charge on any atom is 0.260 e. The molecule has 1 atom stereocenters. The molecule has 1 unspecified atom stereocenters. The van der Waals surface area contributed by atoms with Gasteiger partial charge < -0.3 is 15.4 Å². The van der Waals surface area contributed by atoms with Gasteiger partial charge in [0.05, 0.1) is 0 Å². The standard InChI is InChI=1S/C20H22N2O3/c21-20(24)16-8-10-18(11-9-16)25-14-19(23)22-12-4-7-17(22)13-15-5-2-1-3-6-15/h1-3,5-6,8-11,17H,4,7,12-14H2,(H2,21,24). The Morgan fingerprint density at radius 1 is 1.08 bits per heavy atom. The van der Waals surface area contributed by atoms with Gasteiger partial charge in [-0.1, -0.05) is 30.3 Å². The van der Waals surface area contributed by atoms with Crippen LogP contribution in [0.5, 0.6) is 5.75 Å². The van der Waals surface area contributed by atoms with E-state index in [0.717, 1.165) is 25.8 Å². The predicted octanol–water partition coefficient (Wildman–Crippen LogP) is 2.40. The molecule has 0 saturated carbocycles. The lowest BCUT2D eigenvalue weighted by atomic mass is 10.0. The Hall–Kier alpha value is -2.82. The first kappa shape index (κ1) is 17.0. The van der Waals surface area contributed by atoms with E-state index in [2.05, 4.69) is 12.1 Å². The van der Waals surface area contributed by atoms with Crippen LogP contribution >= 0.6 is 0 Å². The summed E-state index contributed by atoms with van der Waals surface area (Å²) < 4.78 is 5.57. The molecule has 5 nitrogen and oxygen atoms in total. The summed E-state index contributed by atoms with van der Waals surface area (Å²) in [5, 5.41) is 0. The van der Waals surface area contributed by atoms with Crippen LogP contribution in [0.2, 0.25) is 0 Å². The number of primary amides is 1. The highest BCUT2D eigenvalue weighted by atomic mass is 16.5. The quantitative estimate of drug-likeness (QED) is 0.879. The van der Waals surface area contributed by atoms with Gasteiger partial charge in [0.1, 0.15) is 5.75 Å². The molecule has 0 spiro atoms. The first-order chi connectivity index (χ1) is 12.1. The third-order valence-corrected chi connectivity index (χ3v) is 4.51. The van der Waals surface area contributed by atoms with Crippen LogP contribution in [0.15, 0.2) is 54.6 Å². The average molecular weight is 338 g/mol. The number of carbonyl (C=O) groups is 2. The summed E-state index contributed by atoms with van der Waals surface area (Å²) in [5.74, 6) is 0.0676. The molecule has 130 valence electrons. The number of likely N-dealkylation sites (tertiary alicyclic amines) is 1. The van der Waals surface area contributed by atoms with Crippen LogP contribution in [0.4, 0.5) is 0 Å². The van der Waals surface area contributed by atoms with Gasteiger partial charge in [0.2, 0.25) is 5.91 Å². The molecule has 25 heavy (non-hydrogen) atoms. The molecule has 0 bridgehead atoms. The van der Waals surface area contributed by atoms with Crippen molar-refractivity contribution in [1.82, 2.24) is 4.90 Å². The van der Waals surface area contributed by atoms with E-state index in [9.17, 15) is 9.59 Å². The van der Waals surface area contributed by atoms with Crippen molar-refractivity contribution in [3.05, 3.63) is 65.7 Å². The van der Waals surface area contributed by atoms with Crippen molar-refractivity contribution in [2.24, 2.45) is 5.73 Å². The van der Waals surface area contributed by atoms with Gasteiger partial charge in [0.25, 0.3) is 5.91 Å². The number of carbonyl (C=O) groups excluding carboxylic acids is 2. The summed E-state index contributed by atoms with van der Waals surface area (Å²) in [6.45, 7) is 0.779. The van der Waals surface area contributed by atoms with Crippen molar-refractivity contribution in [3.63, 3.8) is 0 Å². The fraction of sp³-hybridized carbons (Fsp3) is 0.300. The minimum absolute atomic E-state index is 0.00120. The highest BCUT2D eigenvalue weighted by Gasteiger charge is 2.28. The summed E-state index contributed by atoms with van der Waals surface area (Å²) in [6, 6.07) is 17.0. The van der Waals surface area contributed by atoms with E-state index in [0.29, 0.717) is 11.3 Å². The Labute approximate surface area is 147 Å². The van der Waals surface area contributed by atoms with E-state index in [1.54, 1.807) is 24.3 Å². The van der Waals surface area contributed by atoms with Crippen LogP contribution in [0.1, 0.15) is 28.8 Å². The average Bonchev–Trinajstić information content (AvgIpc) is 3.09. The molecule has 3 rings (SSSR count). The van der Waals surface area contributed by atoms with Crippen LogP contribution in [-0.2, 0) is 11.2 Å². The lowest BCUT2D eigenvalue weighted by Gasteiger charge is -2.25. The minimum atomic E-state index is -0.483. The number of nitrogens with zero attached hydrogens (tertiary/aromatic N) is 1. The molecule has 2 aromatic carbocycles. The predicted molar refractivity (Wildman–Crippen MR) is 95.3 cm³/mol. The summed E-state index contributed by atoms with van der Waals surface area (Å²) in [5.41, 5.74) is 6.87. The van der Waals surface area contributed by atoms with E-state index in [1.807, 2.05) is 23.1 Å². The normalized spacial score (nSPS) is 16.6. The molecule has 1 saturated heterocycles. The van der Waals surface area contributed by atoms with Gasteiger partial charge in [0.15, 0.2) is 6.61 Å². The second-order valence-electron chi connectivity index (χ2n) is 6.25. The highest BCUT2D eigenvalue weighted by Crippen LogP contribution is 2.22. The van der Waals surface area contributed by atoms with E-state index >= 15 is 0 Å². The Kier molecular flexibility index (Phi) is 5.33. The zero-order chi connectivity index (χ0) is 17.6. The van der Waals surface area contributed by atoms with E-state index in [-0.39, 0.29) is 18.6 Å². The maximum atomic E-state index is 12.5. The number of benzene rings is 2. The molecule has 1 aliphatic rings. The molecule has 0 radical (unpaired) electrons. The zero-order valence-electron chi connectivity index (χ0n) is 14.1. The number of hydrogen-bond donors (Lipinski definition) is 1. The first-order valence-corrected chi connectivity index (χ1v) is 8.49. The van der Waals surface area contributed by atoms with Gasteiger partial charge in [-0.05, 0) is 49.1 Å². The van der Waals surface area contributed by atoms with E-state index in [4.69, 9.17) is 10.5 Å². The minimum Gasteiger partial charge on any atom is -0.484 e. The Morgan fingerprint density at radius 3 is 2.48 bits per heavy atom. The topological polar surface area (TPSA) is 72.6 Å². The van der Waals surface area contributed by atoms with Gasteiger partial charge in [-0.15, -0.1) is 0 Å². The van der Waals surface area contributed by atoms with Crippen molar-refractivity contribution >= 4 is 11.8 Å². The molecule has 5 heteroatoms. The first-order valence-electron chi connectivity index (χ1n) is 8.49. The van der Waals surface area contributed by atoms with Gasteiger partial charge >= 0.3 is 0 Å². The van der Waals surface area contributed by atoms with E-state index < -0.39 is 5.91 Å². The largest absolute Gasteiger partial charge is 0.484 e. The van der Waals surface area contributed by atoms with Crippen LogP contribution in [-0.4, -0.2) is 35.9 Å². The van der Waals surface area contributed by atoms with Gasteiger partial charge in [-0.2, -0.15) is 0 Å². The lowest BCUT2D eigenvalue weighted by molar-refractivity contribution is -0.134. The van der Waals surface area contributed by atoms with E-state index in [1.165, 1.54) is 5.56 Å². The molecule has 2 aromatic rings. The molecule has 0 aromatic heterocycles. The van der Waals surface area contributed by atoms with Crippen LogP contribution in [0.25, 0.3) is 0 Å². The number of hydrogen-bond acceptors (Lipinski definition) is 3. The number of ether oxygens (including phenoxy) is 1. The monoisotopic (exact) mass is 338 g/mol. The number of rotatable bonds is 6. The van der Waals surface area contributed by atoms with Crippen molar-refractivity contribution in [2.45, 2.75) is 25.3 Å². The zero-order valence-corrected chi connectivity index (χ0v) is 14.1. The molecular formula is C20H22N2O3. The van der Waals surface area contributed by atoms with Gasteiger partial charge in [-0.3, -0.25) is 9.59 Å². The molecule has 2 amide bonds. The Morgan fingerprint density at radius 2 is 1.80 bits per heavy atom. The summed E-state index contributed by atoms with van der Waals surface area (Å²) in [4.78, 5) is 25.5. The second-order valence-corrected chi connectivity index (χ2v) is 6.25. The van der Waals surface area contributed by atoms with Crippen LogP contribution < -0.4 is 10.5 Å². The molecular weight excluding hydrogens is 316 g/mol. The van der Waals surface area contributed by atoms with Crippen molar-refractivity contribution in [2.75, 3.05) is 13.2 Å². The lowest BCUT2D eigenvalue weighted by Crippen LogP contribution is -2.39. The number of nitrogens with two attached hydrogens (primary N) is 1. The Bertz CT molecular complexity index is 728. The van der Waals surface area contributed by atoms with Crippen LogP contribution in [0.3, 0.4) is 0 Å². The summed E-state index contributed by atoms with van der Waals surface area (Å²) in [7, 11) is 0. The van der Waals surface area contributed by atoms with Crippen LogP contribution in [0, 0.1) is 0 Å². The third-order valence-electron chi connectivity index (χ3n) is 4.51. The van der Waals surface area contributed by atoms with Crippen molar-refractivity contribution in [1.29, 1.82) is 0 Å². The van der Waals surface area contributed by atoms with Gasteiger partial charge in [-0.25, -0.2) is 0 Å². The van der Waals surface area contributed by atoms with Crippen molar-refractivity contribution < 1.29 is 14.3 Å². The summed E-state index contributed by atoms with van der Waals surface area (Å²) in [6.07, 6.45) is 2.92. The molecule has 0 aliphatic carbocycles. The third kappa shape index (κ3) is 4.38. The number of amides is 2. The maximum absolute atomic E-state index is 12.5. The SMILES string of the molecule is NC(=O)c1ccc(OCC(=O)N2CCCC2Cc2ccccc2)cc1. The second kappa shape index (κ2) is 7.83. The smallest absolute Gasteiger partial charge is 0.260 e. The van der Waals surface area contributed by atoms with Crippen molar-refractivity contribution in [3.8, 4) is 5.75 Å². The Balaban J connectivity index is 1.55. The summed E-state index contributed by atoms with van der Waals surface area (Å²) >= 11 is 0. The molecule has 1 aliphatic heterocycles. The fourth-order valence-electron chi connectivity index (χ4n) is 3.21. The fourth-order valence-corrected chi connectivity index (χ4v) is 3.21. The highest BCUT2D eigenvalue weighted by molar-refractivity contribution is 5.92. The molecule has 1 fully saturated rings. The molecule has 2 N–H and O–H groups in total.